The van der Waals surface area contributed by atoms with Gasteiger partial charge in [0.15, 0.2) is 0 Å². The molecule has 0 saturated carbocycles. The maximum absolute atomic E-state index is 14.6. The Morgan fingerprint density at radius 3 is 2.50 bits per heavy atom. The van der Waals surface area contributed by atoms with Crippen LogP contribution in [0, 0.1) is 5.82 Å². The zero-order valence-electron chi connectivity index (χ0n) is 16.9. The highest BCUT2D eigenvalue weighted by Gasteiger charge is 2.21. The molecule has 2 aromatic rings. The SMILES string of the molecule is CCOC(=O)Cc1ccccc1OC(C)(C)/C=C(\C)c1cccc(CN)c1F. The Hall–Kier alpha value is -2.66. The molecule has 0 amide bonds. The van der Waals surface area contributed by atoms with E-state index in [0.29, 0.717) is 23.5 Å². The fourth-order valence-electron chi connectivity index (χ4n) is 3.07. The third-order valence-electron chi connectivity index (χ3n) is 4.27. The summed E-state index contributed by atoms with van der Waals surface area (Å²) < 4.78 is 25.8. The number of hydrogen-bond donors (Lipinski definition) is 1. The molecule has 0 spiro atoms. The lowest BCUT2D eigenvalue weighted by Crippen LogP contribution is -2.26. The fraction of sp³-hybridized carbons (Fsp3) is 0.348. The maximum atomic E-state index is 14.6. The van der Waals surface area contributed by atoms with E-state index in [1.807, 2.05) is 51.1 Å². The summed E-state index contributed by atoms with van der Waals surface area (Å²) in [7, 11) is 0. The molecule has 0 saturated heterocycles. The van der Waals surface area contributed by atoms with E-state index in [9.17, 15) is 9.18 Å². The summed E-state index contributed by atoms with van der Waals surface area (Å²) in [5, 5.41) is 0. The summed E-state index contributed by atoms with van der Waals surface area (Å²) in [6, 6.07) is 12.5. The minimum Gasteiger partial charge on any atom is -0.483 e. The van der Waals surface area contributed by atoms with Crippen LogP contribution in [0.2, 0.25) is 0 Å². The van der Waals surface area contributed by atoms with Gasteiger partial charge in [0.2, 0.25) is 0 Å². The Balaban J connectivity index is 2.27. The van der Waals surface area contributed by atoms with E-state index in [4.69, 9.17) is 15.2 Å². The molecular formula is C23H28FNO3. The van der Waals surface area contributed by atoms with Crippen molar-refractivity contribution in [2.75, 3.05) is 6.61 Å². The van der Waals surface area contributed by atoms with Gasteiger partial charge in [0.05, 0.1) is 13.0 Å². The van der Waals surface area contributed by atoms with Gasteiger partial charge in [0.1, 0.15) is 17.2 Å². The molecule has 0 aliphatic rings. The van der Waals surface area contributed by atoms with E-state index in [1.54, 1.807) is 25.1 Å². The third kappa shape index (κ3) is 5.67. The first-order valence-electron chi connectivity index (χ1n) is 9.37. The van der Waals surface area contributed by atoms with Crippen LogP contribution in [0.4, 0.5) is 4.39 Å². The zero-order valence-corrected chi connectivity index (χ0v) is 16.9. The van der Waals surface area contributed by atoms with Crippen molar-refractivity contribution < 1.29 is 18.7 Å². The Labute approximate surface area is 166 Å². The van der Waals surface area contributed by atoms with E-state index in [2.05, 4.69) is 0 Å². The molecule has 2 rings (SSSR count). The summed E-state index contributed by atoms with van der Waals surface area (Å²) >= 11 is 0. The Morgan fingerprint density at radius 2 is 1.82 bits per heavy atom. The number of rotatable bonds is 8. The number of halogens is 1. The lowest BCUT2D eigenvalue weighted by atomic mass is 9.98. The average Bonchev–Trinajstić information content (AvgIpc) is 2.63. The molecule has 5 heteroatoms. The van der Waals surface area contributed by atoms with Crippen molar-refractivity contribution in [1.29, 1.82) is 0 Å². The predicted octanol–water partition coefficient (Wildman–Crippen LogP) is 4.65. The van der Waals surface area contributed by atoms with E-state index < -0.39 is 5.60 Å². The van der Waals surface area contributed by atoms with Crippen LogP contribution >= 0.6 is 0 Å². The molecule has 150 valence electrons. The monoisotopic (exact) mass is 385 g/mol. The number of ether oxygens (including phenoxy) is 2. The molecule has 2 N–H and O–H groups in total. The Bertz CT molecular complexity index is 859. The Kier molecular flexibility index (Phi) is 7.35. The first-order valence-corrected chi connectivity index (χ1v) is 9.37. The first-order chi connectivity index (χ1) is 13.3. The van der Waals surface area contributed by atoms with E-state index in [-0.39, 0.29) is 24.8 Å². The molecule has 0 fully saturated rings. The molecule has 0 aromatic heterocycles. The first kappa shape index (κ1) is 21.6. The molecule has 2 aromatic carbocycles. The number of benzene rings is 2. The highest BCUT2D eigenvalue weighted by molar-refractivity contribution is 5.73. The second-order valence-corrected chi connectivity index (χ2v) is 7.11. The normalized spacial score (nSPS) is 12.0. The quantitative estimate of drug-likeness (QED) is 0.672. The number of esters is 1. The molecule has 28 heavy (non-hydrogen) atoms. The van der Waals surface area contributed by atoms with Crippen LogP contribution in [-0.4, -0.2) is 18.2 Å². The van der Waals surface area contributed by atoms with E-state index >= 15 is 0 Å². The van der Waals surface area contributed by atoms with Gasteiger partial charge >= 0.3 is 5.97 Å². The maximum Gasteiger partial charge on any atom is 0.310 e. The average molecular weight is 385 g/mol. The van der Waals surface area contributed by atoms with E-state index in [1.165, 1.54) is 0 Å². The second-order valence-electron chi connectivity index (χ2n) is 7.11. The molecule has 0 aliphatic heterocycles. The Morgan fingerprint density at radius 1 is 1.14 bits per heavy atom. The van der Waals surface area contributed by atoms with Gasteiger partial charge in [0.25, 0.3) is 0 Å². The number of para-hydroxylation sites is 1. The standard InChI is InChI=1S/C23H28FNO3/c1-5-27-21(26)13-17-9-6-7-12-20(17)28-23(3,4)14-16(2)19-11-8-10-18(15-25)22(19)24/h6-12,14H,5,13,15,25H2,1-4H3/b16-14+. The number of allylic oxidation sites excluding steroid dienone is 1. The fourth-order valence-corrected chi connectivity index (χ4v) is 3.07. The van der Waals surface area contributed by atoms with Crippen LogP contribution in [0.3, 0.4) is 0 Å². The minimum absolute atomic E-state index is 0.135. The molecule has 0 bridgehead atoms. The second kappa shape index (κ2) is 9.51. The summed E-state index contributed by atoms with van der Waals surface area (Å²) in [4.78, 5) is 11.8. The molecule has 0 radical (unpaired) electrons. The number of nitrogens with two attached hydrogens (primary N) is 1. The van der Waals surface area contributed by atoms with Crippen molar-refractivity contribution in [3.05, 3.63) is 71.0 Å². The van der Waals surface area contributed by atoms with Crippen LogP contribution in [0.15, 0.2) is 48.5 Å². The van der Waals surface area contributed by atoms with Crippen LogP contribution < -0.4 is 10.5 Å². The molecule has 0 aliphatic carbocycles. The summed E-state index contributed by atoms with van der Waals surface area (Å²) in [6.07, 6.45) is 2.00. The van der Waals surface area contributed by atoms with Gasteiger partial charge in [-0.3, -0.25) is 4.79 Å². The highest BCUT2D eigenvalue weighted by Crippen LogP contribution is 2.28. The summed E-state index contributed by atoms with van der Waals surface area (Å²) in [6.45, 7) is 7.88. The molecule has 4 nitrogen and oxygen atoms in total. The molecular weight excluding hydrogens is 357 g/mol. The van der Waals surface area contributed by atoms with Crippen molar-refractivity contribution >= 4 is 11.5 Å². The van der Waals surface area contributed by atoms with Crippen LogP contribution in [-0.2, 0) is 22.5 Å². The van der Waals surface area contributed by atoms with Crippen LogP contribution in [0.5, 0.6) is 5.75 Å². The van der Waals surface area contributed by atoms with Gasteiger partial charge in [-0.05, 0) is 45.4 Å². The largest absolute Gasteiger partial charge is 0.483 e. The van der Waals surface area contributed by atoms with Crippen molar-refractivity contribution in [3.63, 3.8) is 0 Å². The van der Waals surface area contributed by atoms with Crippen molar-refractivity contribution in [3.8, 4) is 5.75 Å². The summed E-state index contributed by atoms with van der Waals surface area (Å²) in [5.74, 6) is -0.0122. The van der Waals surface area contributed by atoms with E-state index in [0.717, 1.165) is 11.1 Å². The lowest BCUT2D eigenvalue weighted by molar-refractivity contribution is -0.142. The van der Waals surface area contributed by atoms with Gasteiger partial charge in [-0.15, -0.1) is 0 Å². The van der Waals surface area contributed by atoms with Crippen molar-refractivity contribution in [2.45, 2.75) is 46.3 Å². The van der Waals surface area contributed by atoms with Crippen LogP contribution in [0.25, 0.3) is 5.57 Å². The predicted molar refractivity (Wildman–Crippen MR) is 109 cm³/mol. The van der Waals surface area contributed by atoms with Gasteiger partial charge in [-0.2, -0.15) is 0 Å². The van der Waals surface area contributed by atoms with Crippen molar-refractivity contribution in [2.24, 2.45) is 5.73 Å². The van der Waals surface area contributed by atoms with Crippen molar-refractivity contribution in [1.82, 2.24) is 0 Å². The zero-order chi connectivity index (χ0) is 20.7. The lowest BCUT2D eigenvalue weighted by Gasteiger charge is -2.26. The van der Waals surface area contributed by atoms with Gasteiger partial charge in [-0.25, -0.2) is 4.39 Å². The molecule has 0 unspecified atom stereocenters. The topological polar surface area (TPSA) is 61.5 Å². The van der Waals surface area contributed by atoms with Gasteiger partial charge in [-0.1, -0.05) is 36.4 Å². The number of carbonyl (C=O) groups is 1. The molecule has 0 heterocycles. The van der Waals surface area contributed by atoms with Gasteiger partial charge in [0, 0.05) is 23.2 Å². The van der Waals surface area contributed by atoms with Crippen LogP contribution in [0.1, 0.15) is 44.4 Å². The number of hydrogen-bond acceptors (Lipinski definition) is 4. The van der Waals surface area contributed by atoms with Gasteiger partial charge < -0.3 is 15.2 Å². The highest BCUT2D eigenvalue weighted by atomic mass is 19.1. The smallest absolute Gasteiger partial charge is 0.310 e. The molecule has 0 atom stereocenters. The minimum atomic E-state index is -0.722. The summed E-state index contributed by atoms with van der Waals surface area (Å²) in [5.41, 5.74) is 7.36. The third-order valence-corrected chi connectivity index (χ3v) is 4.27. The number of carbonyl (C=O) groups excluding carboxylic acids is 1.